The van der Waals surface area contributed by atoms with Gasteiger partial charge in [0.05, 0.1) is 20.7 Å². The number of halogens is 1. The Kier molecular flexibility index (Phi) is 5.83. The molecule has 9 heteroatoms. The number of carbonyl (C=O) groups is 1. The standard InChI is InChI=1S/C18H17FN2O3S3/c1-25-10-9-21-14-8-7-12(19)11-15(14)26-18(21)20-17(22)13-5-3-4-6-16(13)27(2,23)24/h3-8,11H,9-10H2,1-2H3. The van der Waals surface area contributed by atoms with Gasteiger partial charge in [0.25, 0.3) is 5.91 Å². The lowest BCUT2D eigenvalue weighted by Gasteiger charge is -2.05. The Labute approximate surface area is 164 Å². The number of carbonyl (C=O) groups excluding carboxylic acids is 1. The van der Waals surface area contributed by atoms with Crippen LogP contribution in [-0.2, 0) is 16.4 Å². The van der Waals surface area contributed by atoms with Crippen LogP contribution in [0, 0.1) is 5.82 Å². The number of rotatable bonds is 5. The van der Waals surface area contributed by atoms with Crippen LogP contribution in [-0.4, -0.2) is 37.2 Å². The van der Waals surface area contributed by atoms with Crippen LogP contribution in [0.15, 0.2) is 52.4 Å². The zero-order chi connectivity index (χ0) is 19.6. The highest BCUT2D eigenvalue weighted by molar-refractivity contribution is 7.98. The summed E-state index contributed by atoms with van der Waals surface area (Å²) < 4.78 is 40.0. The molecule has 142 valence electrons. The average Bonchev–Trinajstić information content (AvgIpc) is 2.95. The van der Waals surface area contributed by atoms with Crippen LogP contribution in [0.5, 0.6) is 0 Å². The van der Waals surface area contributed by atoms with E-state index in [9.17, 15) is 17.6 Å². The molecule has 0 unspecified atom stereocenters. The Morgan fingerprint density at radius 3 is 2.70 bits per heavy atom. The van der Waals surface area contributed by atoms with Crippen LogP contribution in [0.25, 0.3) is 10.2 Å². The molecule has 0 saturated heterocycles. The molecule has 3 aromatic rings. The first-order valence-corrected chi connectivity index (χ1v) is 12.1. The predicted molar refractivity (Wildman–Crippen MR) is 108 cm³/mol. The van der Waals surface area contributed by atoms with Gasteiger partial charge in [0.2, 0.25) is 0 Å². The van der Waals surface area contributed by atoms with Gasteiger partial charge in [-0.2, -0.15) is 16.8 Å². The van der Waals surface area contributed by atoms with Crippen molar-refractivity contribution in [3.63, 3.8) is 0 Å². The number of benzene rings is 2. The van der Waals surface area contributed by atoms with Crippen molar-refractivity contribution in [2.75, 3.05) is 18.3 Å². The lowest BCUT2D eigenvalue weighted by Crippen LogP contribution is -2.19. The molecule has 2 aromatic carbocycles. The van der Waals surface area contributed by atoms with Crippen LogP contribution in [0.2, 0.25) is 0 Å². The van der Waals surface area contributed by atoms with Gasteiger partial charge in [-0.1, -0.05) is 23.5 Å². The summed E-state index contributed by atoms with van der Waals surface area (Å²) in [5, 5.41) is 0. The second-order valence-electron chi connectivity index (χ2n) is 5.83. The van der Waals surface area contributed by atoms with Gasteiger partial charge in [-0.25, -0.2) is 12.8 Å². The highest BCUT2D eigenvalue weighted by Gasteiger charge is 2.18. The van der Waals surface area contributed by atoms with Crippen LogP contribution in [0.4, 0.5) is 4.39 Å². The van der Waals surface area contributed by atoms with Crippen molar-refractivity contribution in [2.45, 2.75) is 11.4 Å². The Balaban J connectivity index is 2.17. The van der Waals surface area contributed by atoms with E-state index in [2.05, 4.69) is 4.99 Å². The number of thiazole rings is 1. The number of hydrogen-bond donors (Lipinski definition) is 0. The van der Waals surface area contributed by atoms with E-state index in [1.807, 2.05) is 10.8 Å². The topological polar surface area (TPSA) is 68.5 Å². The van der Waals surface area contributed by atoms with E-state index in [0.29, 0.717) is 16.0 Å². The Hall–Kier alpha value is -1.97. The van der Waals surface area contributed by atoms with Crippen molar-refractivity contribution in [1.29, 1.82) is 0 Å². The summed E-state index contributed by atoms with van der Waals surface area (Å²) in [5.74, 6) is -0.202. The van der Waals surface area contributed by atoms with Crippen LogP contribution < -0.4 is 4.80 Å². The molecular formula is C18H17FN2O3S3. The zero-order valence-electron chi connectivity index (χ0n) is 14.7. The van der Waals surface area contributed by atoms with Gasteiger partial charge in [0, 0.05) is 18.6 Å². The van der Waals surface area contributed by atoms with E-state index in [0.717, 1.165) is 17.5 Å². The van der Waals surface area contributed by atoms with E-state index >= 15 is 0 Å². The molecule has 5 nitrogen and oxygen atoms in total. The quantitative estimate of drug-likeness (QED) is 0.630. The number of thioether (sulfide) groups is 1. The number of sulfone groups is 1. The maximum Gasteiger partial charge on any atom is 0.280 e. The molecule has 0 fully saturated rings. The van der Waals surface area contributed by atoms with Gasteiger partial charge < -0.3 is 4.57 Å². The molecule has 0 spiro atoms. The van der Waals surface area contributed by atoms with Gasteiger partial charge in [-0.05, 0) is 36.6 Å². The predicted octanol–water partition coefficient (Wildman–Crippen LogP) is 3.35. The Bertz CT molecular complexity index is 1180. The van der Waals surface area contributed by atoms with Crippen molar-refractivity contribution in [3.05, 3.63) is 58.6 Å². The summed E-state index contributed by atoms with van der Waals surface area (Å²) in [7, 11) is -3.56. The second-order valence-corrected chi connectivity index (χ2v) is 9.81. The summed E-state index contributed by atoms with van der Waals surface area (Å²) in [6, 6.07) is 10.4. The first-order valence-electron chi connectivity index (χ1n) is 7.97. The minimum atomic E-state index is -3.56. The summed E-state index contributed by atoms with van der Waals surface area (Å²) in [5.41, 5.74) is 0.818. The van der Waals surface area contributed by atoms with Gasteiger partial charge in [0.15, 0.2) is 14.6 Å². The largest absolute Gasteiger partial charge is 0.316 e. The maximum atomic E-state index is 13.6. The number of fused-ring (bicyclic) bond motifs is 1. The van der Waals surface area contributed by atoms with E-state index < -0.39 is 15.7 Å². The summed E-state index contributed by atoms with van der Waals surface area (Å²) in [4.78, 5) is 17.3. The lowest BCUT2D eigenvalue weighted by atomic mass is 10.2. The molecule has 0 radical (unpaired) electrons. The van der Waals surface area contributed by atoms with Crippen molar-refractivity contribution in [1.82, 2.24) is 4.57 Å². The molecule has 1 aromatic heterocycles. The van der Waals surface area contributed by atoms with E-state index in [1.54, 1.807) is 30.0 Å². The van der Waals surface area contributed by atoms with E-state index in [1.165, 1.54) is 35.6 Å². The molecule has 0 aliphatic rings. The fourth-order valence-electron chi connectivity index (χ4n) is 2.64. The van der Waals surface area contributed by atoms with Crippen LogP contribution in [0.1, 0.15) is 10.4 Å². The molecule has 0 N–H and O–H groups in total. The fraction of sp³-hybridized carbons (Fsp3) is 0.222. The molecule has 0 atom stereocenters. The molecule has 3 rings (SSSR count). The second kappa shape index (κ2) is 7.95. The van der Waals surface area contributed by atoms with Gasteiger partial charge in [-0.15, -0.1) is 0 Å². The van der Waals surface area contributed by atoms with Crippen molar-refractivity contribution in [3.8, 4) is 0 Å². The molecule has 1 heterocycles. The van der Waals surface area contributed by atoms with Crippen LogP contribution >= 0.6 is 23.1 Å². The molecular weight excluding hydrogens is 407 g/mol. The van der Waals surface area contributed by atoms with E-state index in [-0.39, 0.29) is 16.3 Å². The fourth-order valence-corrected chi connectivity index (χ4v) is 4.97. The minimum Gasteiger partial charge on any atom is -0.316 e. The highest BCUT2D eigenvalue weighted by Crippen LogP contribution is 2.20. The molecule has 0 aliphatic carbocycles. The normalized spacial score (nSPS) is 12.6. The van der Waals surface area contributed by atoms with Crippen LogP contribution in [0.3, 0.4) is 0 Å². The minimum absolute atomic E-state index is 0.0278. The zero-order valence-corrected chi connectivity index (χ0v) is 17.1. The van der Waals surface area contributed by atoms with E-state index in [4.69, 9.17) is 0 Å². The summed E-state index contributed by atoms with van der Waals surface area (Å²) in [6.45, 7) is 0.604. The maximum absolute atomic E-state index is 13.6. The third-order valence-corrected chi connectivity index (χ3v) is 6.66. The van der Waals surface area contributed by atoms with Gasteiger partial charge in [0.1, 0.15) is 5.82 Å². The SMILES string of the molecule is CSCCn1c(=NC(=O)c2ccccc2S(C)(=O)=O)sc2cc(F)ccc21. The summed E-state index contributed by atoms with van der Waals surface area (Å²) >= 11 is 2.85. The smallest absolute Gasteiger partial charge is 0.280 e. The first kappa shape index (κ1) is 19.8. The van der Waals surface area contributed by atoms with Crippen molar-refractivity contribution < 1.29 is 17.6 Å². The average molecular weight is 425 g/mol. The number of hydrogen-bond acceptors (Lipinski definition) is 5. The van der Waals surface area contributed by atoms with Gasteiger partial charge >= 0.3 is 0 Å². The molecule has 0 saturated carbocycles. The summed E-state index contributed by atoms with van der Waals surface area (Å²) in [6.07, 6.45) is 3.03. The molecule has 0 aliphatic heterocycles. The number of aromatic nitrogens is 1. The first-order chi connectivity index (χ1) is 12.8. The third-order valence-electron chi connectivity index (χ3n) is 3.88. The molecule has 0 bridgehead atoms. The Morgan fingerprint density at radius 1 is 1.26 bits per heavy atom. The number of amides is 1. The highest BCUT2D eigenvalue weighted by atomic mass is 32.2. The van der Waals surface area contributed by atoms with Gasteiger partial charge in [-0.3, -0.25) is 4.79 Å². The monoisotopic (exact) mass is 424 g/mol. The third kappa shape index (κ3) is 4.31. The Morgan fingerprint density at radius 2 is 2.00 bits per heavy atom. The van der Waals surface area contributed by atoms with Crippen molar-refractivity contribution >= 4 is 49.1 Å². The van der Waals surface area contributed by atoms with Crippen molar-refractivity contribution in [2.24, 2.45) is 4.99 Å². The lowest BCUT2D eigenvalue weighted by molar-refractivity contribution is 0.0994. The number of aryl methyl sites for hydroxylation is 1. The molecule has 27 heavy (non-hydrogen) atoms. The number of nitrogens with zero attached hydrogens (tertiary/aromatic N) is 2. The molecule has 1 amide bonds.